The predicted molar refractivity (Wildman–Crippen MR) is 98.0 cm³/mol. The van der Waals surface area contributed by atoms with Gasteiger partial charge in [-0.2, -0.15) is 0 Å². The lowest BCUT2D eigenvalue weighted by Gasteiger charge is -2.38. The zero-order valence-electron chi connectivity index (χ0n) is 16.0. The molecule has 1 N–H and O–H groups in total. The van der Waals surface area contributed by atoms with E-state index in [4.69, 9.17) is 9.47 Å². The van der Waals surface area contributed by atoms with Crippen LogP contribution in [-0.2, 0) is 14.3 Å². The van der Waals surface area contributed by atoms with Crippen LogP contribution >= 0.6 is 0 Å². The molecule has 3 aliphatic rings. The van der Waals surface area contributed by atoms with E-state index in [1.165, 1.54) is 12.8 Å². The van der Waals surface area contributed by atoms with Gasteiger partial charge in [-0.15, -0.1) is 0 Å². The molecule has 0 aromatic rings. The van der Waals surface area contributed by atoms with E-state index in [1.54, 1.807) is 0 Å². The van der Waals surface area contributed by atoms with Crippen molar-refractivity contribution < 1.29 is 19.1 Å². The zero-order valence-corrected chi connectivity index (χ0v) is 16.0. The second-order valence-electron chi connectivity index (χ2n) is 7.82. The molecule has 7 nitrogen and oxygen atoms in total. The van der Waals surface area contributed by atoms with Gasteiger partial charge in [0.1, 0.15) is 5.60 Å². The number of piperidine rings is 1. The van der Waals surface area contributed by atoms with Crippen molar-refractivity contribution in [2.24, 2.45) is 0 Å². The Balaban J connectivity index is 1.42. The SMILES string of the molecule is CCCCCCN1CC2(CCN(C(=O)C[C@H]3CNCCO3)CC2)OC1=O. The Morgan fingerprint density at radius 2 is 2.08 bits per heavy atom. The highest BCUT2D eigenvalue weighted by Gasteiger charge is 2.47. The van der Waals surface area contributed by atoms with Crippen molar-refractivity contribution in [1.29, 1.82) is 0 Å². The Labute approximate surface area is 156 Å². The van der Waals surface area contributed by atoms with Crippen molar-refractivity contribution >= 4 is 12.0 Å². The summed E-state index contributed by atoms with van der Waals surface area (Å²) in [6.07, 6.45) is 6.32. The quantitative estimate of drug-likeness (QED) is 0.694. The molecule has 1 atom stereocenters. The molecule has 3 heterocycles. The summed E-state index contributed by atoms with van der Waals surface area (Å²) >= 11 is 0. The van der Waals surface area contributed by atoms with E-state index in [0.29, 0.717) is 32.7 Å². The number of carbonyl (C=O) groups excluding carboxylic acids is 2. The fourth-order valence-corrected chi connectivity index (χ4v) is 4.09. The number of ether oxygens (including phenoxy) is 2. The predicted octanol–water partition coefficient (Wildman–Crippen LogP) is 1.76. The molecule has 1 spiro atoms. The van der Waals surface area contributed by atoms with Gasteiger partial charge >= 0.3 is 6.09 Å². The Hall–Kier alpha value is -1.34. The van der Waals surface area contributed by atoms with Gasteiger partial charge in [0.15, 0.2) is 0 Å². The van der Waals surface area contributed by atoms with Crippen LogP contribution in [0.3, 0.4) is 0 Å². The van der Waals surface area contributed by atoms with Crippen LogP contribution < -0.4 is 5.32 Å². The lowest BCUT2D eigenvalue weighted by molar-refractivity contribution is -0.138. The number of nitrogens with zero attached hydrogens (tertiary/aromatic N) is 2. The van der Waals surface area contributed by atoms with Crippen LogP contribution in [-0.4, -0.2) is 79.4 Å². The van der Waals surface area contributed by atoms with Crippen molar-refractivity contribution in [1.82, 2.24) is 15.1 Å². The molecule has 3 aliphatic heterocycles. The Morgan fingerprint density at radius 3 is 2.77 bits per heavy atom. The number of hydrogen-bond acceptors (Lipinski definition) is 5. The average molecular weight is 367 g/mol. The molecule has 148 valence electrons. The lowest BCUT2D eigenvalue weighted by Crippen LogP contribution is -2.50. The smallest absolute Gasteiger partial charge is 0.410 e. The second kappa shape index (κ2) is 9.04. The lowest BCUT2D eigenvalue weighted by atomic mass is 9.91. The molecule has 7 heteroatoms. The Bertz CT molecular complexity index is 485. The maximum absolute atomic E-state index is 12.5. The van der Waals surface area contributed by atoms with Gasteiger partial charge in [0.2, 0.25) is 5.91 Å². The molecule has 0 saturated carbocycles. The van der Waals surface area contributed by atoms with E-state index in [1.807, 2.05) is 9.80 Å². The van der Waals surface area contributed by atoms with E-state index in [9.17, 15) is 9.59 Å². The third-order valence-corrected chi connectivity index (χ3v) is 5.76. The molecule has 26 heavy (non-hydrogen) atoms. The minimum Gasteiger partial charge on any atom is -0.441 e. The van der Waals surface area contributed by atoms with Gasteiger partial charge in [-0.25, -0.2) is 4.79 Å². The molecule has 0 aliphatic carbocycles. The summed E-state index contributed by atoms with van der Waals surface area (Å²) in [5.41, 5.74) is -0.387. The zero-order chi connectivity index (χ0) is 18.4. The molecule has 0 aromatic heterocycles. The third kappa shape index (κ3) is 4.88. The number of carbonyl (C=O) groups is 2. The van der Waals surface area contributed by atoms with Crippen LogP contribution in [0.1, 0.15) is 51.9 Å². The van der Waals surface area contributed by atoms with Gasteiger partial charge in [0.05, 0.1) is 25.7 Å². The molecule has 3 rings (SSSR count). The topological polar surface area (TPSA) is 71.1 Å². The molecule has 0 bridgehead atoms. The molecule has 2 amide bonds. The first-order valence-corrected chi connectivity index (χ1v) is 10.2. The second-order valence-corrected chi connectivity index (χ2v) is 7.82. The number of morpholine rings is 1. The van der Waals surface area contributed by atoms with Gasteiger partial charge in [-0.05, 0) is 6.42 Å². The number of unbranched alkanes of at least 4 members (excludes halogenated alkanes) is 3. The molecular formula is C19H33N3O4. The molecule has 3 fully saturated rings. The maximum Gasteiger partial charge on any atom is 0.410 e. The first-order chi connectivity index (χ1) is 12.6. The van der Waals surface area contributed by atoms with Crippen molar-refractivity contribution in [3.63, 3.8) is 0 Å². The first-order valence-electron chi connectivity index (χ1n) is 10.2. The fraction of sp³-hybridized carbons (Fsp3) is 0.895. The van der Waals surface area contributed by atoms with Gasteiger partial charge < -0.3 is 24.6 Å². The average Bonchev–Trinajstić information content (AvgIpc) is 2.95. The third-order valence-electron chi connectivity index (χ3n) is 5.76. The van der Waals surface area contributed by atoms with E-state index in [-0.39, 0.29) is 23.7 Å². The fourth-order valence-electron chi connectivity index (χ4n) is 4.09. The molecule has 0 unspecified atom stereocenters. The van der Waals surface area contributed by atoms with E-state index in [2.05, 4.69) is 12.2 Å². The van der Waals surface area contributed by atoms with Crippen molar-refractivity contribution in [3.05, 3.63) is 0 Å². The largest absolute Gasteiger partial charge is 0.441 e. The van der Waals surface area contributed by atoms with Gasteiger partial charge in [0, 0.05) is 45.6 Å². The van der Waals surface area contributed by atoms with Crippen molar-refractivity contribution in [3.8, 4) is 0 Å². The van der Waals surface area contributed by atoms with E-state index < -0.39 is 0 Å². The highest BCUT2D eigenvalue weighted by atomic mass is 16.6. The van der Waals surface area contributed by atoms with Gasteiger partial charge in [-0.3, -0.25) is 4.79 Å². The van der Waals surface area contributed by atoms with E-state index >= 15 is 0 Å². The Kier molecular flexibility index (Phi) is 6.75. The van der Waals surface area contributed by atoms with Crippen LogP contribution in [0.2, 0.25) is 0 Å². The highest BCUT2D eigenvalue weighted by molar-refractivity contribution is 5.77. The van der Waals surface area contributed by atoms with Crippen molar-refractivity contribution in [2.45, 2.75) is 63.6 Å². The molecule has 3 saturated heterocycles. The molecule has 0 radical (unpaired) electrons. The standard InChI is InChI=1S/C19H33N3O4/c1-2-3-4-5-9-22-15-19(26-18(22)24)6-10-21(11-7-19)17(23)13-16-14-20-8-12-25-16/h16,20H,2-15H2,1H3/t16-/m0/s1. The summed E-state index contributed by atoms with van der Waals surface area (Å²) in [5, 5.41) is 3.26. The van der Waals surface area contributed by atoms with Crippen LogP contribution in [0, 0.1) is 0 Å². The Morgan fingerprint density at radius 1 is 1.27 bits per heavy atom. The number of likely N-dealkylation sites (tertiary alicyclic amines) is 1. The van der Waals surface area contributed by atoms with E-state index in [0.717, 1.165) is 45.3 Å². The first kappa shape index (κ1) is 19.4. The van der Waals surface area contributed by atoms with Crippen molar-refractivity contribution in [2.75, 3.05) is 45.9 Å². The number of amides is 2. The highest BCUT2D eigenvalue weighted by Crippen LogP contribution is 2.33. The van der Waals surface area contributed by atoms with Crippen LogP contribution in [0.25, 0.3) is 0 Å². The summed E-state index contributed by atoms with van der Waals surface area (Å²) in [5.74, 6) is 0.147. The van der Waals surface area contributed by atoms with Gasteiger partial charge in [-0.1, -0.05) is 26.2 Å². The van der Waals surface area contributed by atoms with Crippen LogP contribution in [0.4, 0.5) is 4.79 Å². The minimum atomic E-state index is -0.387. The normalized spacial score (nSPS) is 25.6. The summed E-state index contributed by atoms with van der Waals surface area (Å²) in [7, 11) is 0. The van der Waals surface area contributed by atoms with Gasteiger partial charge in [0.25, 0.3) is 0 Å². The number of hydrogen-bond donors (Lipinski definition) is 1. The summed E-state index contributed by atoms with van der Waals surface area (Å²) < 4.78 is 11.4. The van der Waals surface area contributed by atoms with Crippen LogP contribution in [0.15, 0.2) is 0 Å². The summed E-state index contributed by atoms with van der Waals surface area (Å²) in [6, 6.07) is 0. The molecular weight excluding hydrogens is 334 g/mol. The monoisotopic (exact) mass is 367 g/mol. The number of rotatable bonds is 7. The minimum absolute atomic E-state index is 0.0185. The van der Waals surface area contributed by atoms with Crippen LogP contribution in [0.5, 0.6) is 0 Å². The number of nitrogens with one attached hydrogen (secondary N) is 1. The summed E-state index contributed by atoms with van der Waals surface area (Å²) in [4.78, 5) is 28.4. The summed E-state index contributed by atoms with van der Waals surface area (Å²) in [6.45, 7) is 7.25. The molecule has 0 aromatic carbocycles. The maximum atomic E-state index is 12.5.